The maximum absolute atomic E-state index is 14.0. The SMILES string of the molecule is CC(=O)N1CCN(CCn2cc3c(-c4ccc(F)cc4)c(-c4ccncc4)c(-c4ccc(F)cc4)nc3n2)CC1. The largest absolute Gasteiger partial charge is 0.340 e. The molecule has 0 N–H and O–H groups in total. The first kappa shape index (κ1) is 25.8. The molecule has 0 unspecified atom stereocenters. The van der Waals surface area contributed by atoms with Gasteiger partial charge in [0.1, 0.15) is 11.6 Å². The molecule has 0 radical (unpaired) electrons. The van der Waals surface area contributed by atoms with E-state index >= 15 is 0 Å². The van der Waals surface area contributed by atoms with Crippen LogP contribution in [0.5, 0.6) is 0 Å². The topological polar surface area (TPSA) is 67.2 Å². The lowest BCUT2D eigenvalue weighted by Crippen LogP contribution is -2.48. The average molecular weight is 539 g/mol. The summed E-state index contributed by atoms with van der Waals surface area (Å²) in [5.41, 5.74) is 5.38. The Morgan fingerprint density at radius 3 is 2.00 bits per heavy atom. The van der Waals surface area contributed by atoms with E-state index in [1.807, 2.05) is 27.9 Å². The van der Waals surface area contributed by atoms with Gasteiger partial charge < -0.3 is 4.90 Å². The predicted octanol–water partition coefficient (Wildman–Crippen LogP) is 5.27. The number of hydrogen-bond acceptors (Lipinski definition) is 5. The van der Waals surface area contributed by atoms with Crippen LogP contribution in [0.15, 0.2) is 79.3 Å². The number of rotatable bonds is 6. The summed E-state index contributed by atoms with van der Waals surface area (Å²) in [5, 5.41) is 5.67. The van der Waals surface area contributed by atoms with Crippen molar-refractivity contribution in [3.63, 3.8) is 0 Å². The van der Waals surface area contributed by atoms with Gasteiger partial charge in [-0.2, -0.15) is 5.10 Å². The fourth-order valence-electron chi connectivity index (χ4n) is 5.26. The monoisotopic (exact) mass is 538 g/mol. The fraction of sp³-hybridized carbons (Fsp3) is 0.226. The number of carbonyl (C=O) groups excluding carboxylic acids is 1. The molecule has 0 atom stereocenters. The number of benzene rings is 2. The second-order valence-electron chi connectivity index (χ2n) is 9.94. The minimum absolute atomic E-state index is 0.110. The van der Waals surface area contributed by atoms with Gasteiger partial charge in [0.25, 0.3) is 0 Å². The first-order valence-electron chi connectivity index (χ1n) is 13.3. The quantitative estimate of drug-likeness (QED) is 0.295. The molecule has 1 fully saturated rings. The van der Waals surface area contributed by atoms with E-state index < -0.39 is 0 Å². The van der Waals surface area contributed by atoms with E-state index in [1.165, 1.54) is 24.3 Å². The molecular weight excluding hydrogens is 510 g/mol. The Bertz CT molecular complexity index is 1640. The van der Waals surface area contributed by atoms with Crippen LogP contribution in [0.4, 0.5) is 8.78 Å². The summed E-state index contributed by atoms with van der Waals surface area (Å²) in [5.74, 6) is -0.541. The van der Waals surface area contributed by atoms with Gasteiger partial charge in [-0.3, -0.25) is 19.4 Å². The van der Waals surface area contributed by atoms with Crippen LogP contribution in [0.25, 0.3) is 44.5 Å². The fourth-order valence-corrected chi connectivity index (χ4v) is 5.26. The summed E-state index contributed by atoms with van der Waals surface area (Å²) in [6.07, 6.45) is 5.43. The summed E-state index contributed by atoms with van der Waals surface area (Å²) in [4.78, 5) is 25.0. The van der Waals surface area contributed by atoms with Gasteiger partial charge in [0, 0.05) is 80.3 Å². The summed E-state index contributed by atoms with van der Waals surface area (Å²) in [6.45, 7) is 6.13. The Kier molecular flexibility index (Phi) is 7.04. The second kappa shape index (κ2) is 10.9. The molecule has 3 aromatic heterocycles. The third-order valence-electron chi connectivity index (χ3n) is 7.40. The number of halogens is 2. The van der Waals surface area contributed by atoms with Crippen LogP contribution in [0, 0.1) is 11.6 Å². The summed E-state index contributed by atoms with van der Waals surface area (Å²) in [7, 11) is 0. The molecule has 202 valence electrons. The van der Waals surface area contributed by atoms with Crippen LogP contribution in [0.3, 0.4) is 0 Å². The van der Waals surface area contributed by atoms with Gasteiger partial charge >= 0.3 is 0 Å². The zero-order valence-electron chi connectivity index (χ0n) is 22.1. The highest BCUT2D eigenvalue weighted by molar-refractivity contribution is 6.05. The number of amides is 1. The van der Waals surface area contributed by atoms with Crippen LogP contribution < -0.4 is 0 Å². The third kappa shape index (κ3) is 5.20. The summed E-state index contributed by atoms with van der Waals surface area (Å²) in [6, 6.07) is 16.5. The minimum atomic E-state index is -0.331. The molecule has 7 nitrogen and oxygen atoms in total. The summed E-state index contributed by atoms with van der Waals surface area (Å²) < 4.78 is 29.7. The smallest absolute Gasteiger partial charge is 0.219 e. The molecular formula is C31H28F2N6O. The molecule has 5 aromatic rings. The maximum atomic E-state index is 14.0. The normalized spacial score (nSPS) is 14.1. The van der Waals surface area contributed by atoms with E-state index in [1.54, 1.807) is 43.6 Å². The number of carbonyl (C=O) groups is 1. The van der Waals surface area contributed by atoms with E-state index in [-0.39, 0.29) is 17.5 Å². The van der Waals surface area contributed by atoms with Crippen molar-refractivity contribution in [2.45, 2.75) is 13.5 Å². The third-order valence-corrected chi connectivity index (χ3v) is 7.40. The molecule has 2 aromatic carbocycles. The van der Waals surface area contributed by atoms with Gasteiger partial charge in [0.2, 0.25) is 5.91 Å². The van der Waals surface area contributed by atoms with E-state index in [0.717, 1.165) is 65.9 Å². The molecule has 6 rings (SSSR count). The maximum Gasteiger partial charge on any atom is 0.219 e. The number of aromatic nitrogens is 4. The van der Waals surface area contributed by atoms with E-state index in [0.29, 0.717) is 17.9 Å². The molecule has 4 heterocycles. The highest BCUT2D eigenvalue weighted by atomic mass is 19.1. The van der Waals surface area contributed by atoms with Crippen LogP contribution in [-0.2, 0) is 11.3 Å². The van der Waals surface area contributed by atoms with Crippen LogP contribution in [0.1, 0.15) is 6.92 Å². The Labute approximate surface area is 230 Å². The molecule has 9 heteroatoms. The van der Waals surface area contributed by atoms with Gasteiger partial charge in [-0.15, -0.1) is 0 Å². The Morgan fingerprint density at radius 2 is 1.38 bits per heavy atom. The van der Waals surface area contributed by atoms with E-state index in [2.05, 4.69) is 9.88 Å². The first-order valence-corrected chi connectivity index (χ1v) is 13.3. The van der Waals surface area contributed by atoms with Crippen LogP contribution in [-0.4, -0.2) is 68.2 Å². The number of hydrogen-bond donors (Lipinski definition) is 0. The zero-order valence-corrected chi connectivity index (χ0v) is 22.1. The van der Waals surface area contributed by atoms with Gasteiger partial charge in [-0.25, -0.2) is 13.8 Å². The number of pyridine rings is 2. The van der Waals surface area contributed by atoms with Crippen molar-refractivity contribution in [1.82, 2.24) is 29.5 Å². The van der Waals surface area contributed by atoms with E-state index in [4.69, 9.17) is 10.1 Å². The number of fused-ring (bicyclic) bond motifs is 1. The minimum Gasteiger partial charge on any atom is -0.340 e. The lowest BCUT2D eigenvalue weighted by molar-refractivity contribution is -0.130. The number of piperazine rings is 1. The Hall–Kier alpha value is -4.50. The van der Waals surface area contributed by atoms with Crippen LogP contribution in [0.2, 0.25) is 0 Å². The van der Waals surface area contributed by atoms with Crippen molar-refractivity contribution in [2.24, 2.45) is 0 Å². The Balaban J connectivity index is 1.47. The molecule has 1 aliphatic heterocycles. The van der Waals surface area contributed by atoms with Gasteiger partial charge in [-0.1, -0.05) is 12.1 Å². The lowest BCUT2D eigenvalue weighted by atomic mass is 9.90. The highest BCUT2D eigenvalue weighted by Gasteiger charge is 2.23. The first-order chi connectivity index (χ1) is 19.5. The average Bonchev–Trinajstić information content (AvgIpc) is 3.39. The predicted molar refractivity (Wildman–Crippen MR) is 150 cm³/mol. The lowest BCUT2D eigenvalue weighted by Gasteiger charge is -2.34. The van der Waals surface area contributed by atoms with E-state index in [9.17, 15) is 13.6 Å². The van der Waals surface area contributed by atoms with Crippen molar-refractivity contribution in [2.75, 3.05) is 32.7 Å². The van der Waals surface area contributed by atoms with Gasteiger partial charge in [-0.05, 0) is 59.7 Å². The van der Waals surface area contributed by atoms with Crippen molar-refractivity contribution < 1.29 is 13.6 Å². The molecule has 0 spiro atoms. The van der Waals surface area contributed by atoms with Gasteiger partial charge in [0.15, 0.2) is 5.65 Å². The van der Waals surface area contributed by atoms with Gasteiger partial charge in [0.05, 0.1) is 12.2 Å². The number of nitrogens with zero attached hydrogens (tertiary/aromatic N) is 6. The van der Waals surface area contributed by atoms with Crippen LogP contribution >= 0.6 is 0 Å². The van der Waals surface area contributed by atoms with Crippen molar-refractivity contribution in [3.8, 4) is 33.5 Å². The molecule has 1 saturated heterocycles. The second-order valence-corrected chi connectivity index (χ2v) is 9.94. The highest BCUT2D eigenvalue weighted by Crippen LogP contribution is 2.42. The molecule has 0 aliphatic carbocycles. The molecule has 0 bridgehead atoms. The zero-order chi connectivity index (χ0) is 27.6. The summed E-state index contributed by atoms with van der Waals surface area (Å²) >= 11 is 0. The molecule has 1 aliphatic rings. The molecule has 0 saturated carbocycles. The molecule has 40 heavy (non-hydrogen) atoms. The Morgan fingerprint density at radius 1 is 0.775 bits per heavy atom. The standard InChI is InChI=1S/C31H28F2N6O/c1-21(40)38-17-14-37(15-18-38)16-19-39-20-27-28(22-2-6-25(32)7-3-22)29(23-10-12-34-13-11-23)30(35-31(27)36-39)24-4-8-26(33)9-5-24/h2-13,20H,14-19H2,1H3. The van der Waals surface area contributed by atoms with Crippen molar-refractivity contribution in [3.05, 3.63) is 90.9 Å². The molecule has 1 amide bonds. The van der Waals surface area contributed by atoms with Crippen molar-refractivity contribution in [1.29, 1.82) is 0 Å². The van der Waals surface area contributed by atoms with Crippen molar-refractivity contribution >= 4 is 16.9 Å².